The van der Waals surface area contributed by atoms with E-state index in [0.29, 0.717) is 18.9 Å². The molecule has 0 bridgehead atoms. The van der Waals surface area contributed by atoms with Gasteiger partial charge in [-0.05, 0) is 25.0 Å². The number of halogens is 2. The van der Waals surface area contributed by atoms with Crippen LogP contribution in [0.5, 0.6) is 0 Å². The smallest absolute Gasteiger partial charge is 0.331 e. The Bertz CT molecular complexity index is 762. The van der Waals surface area contributed by atoms with E-state index in [0.717, 1.165) is 30.2 Å². The third-order valence-corrected chi connectivity index (χ3v) is 5.34. The summed E-state index contributed by atoms with van der Waals surface area (Å²) in [6, 6.07) is 2.94. The van der Waals surface area contributed by atoms with Gasteiger partial charge in [-0.2, -0.15) is 0 Å². The number of hydrogen-bond acceptors (Lipinski definition) is 4. The van der Waals surface area contributed by atoms with E-state index in [1.807, 2.05) is 0 Å². The van der Waals surface area contributed by atoms with E-state index in [1.54, 1.807) is 0 Å². The fraction of sp³-hybridized carbons (Fsp3) is 0.526. The van der Waals surface area contributed by atoms with Crippen molar-refractivity contribution in [2.24, 2.45) is 5.92 Å². The molecule has 6 nitrogen and oxygen atoms in total. The number of nitrogens with one attached hydrogen (secondary N) is 1. The van der Waals surface area contributed by atoms with Gasteiger partial charge in [0.15, 0.2) is 0 Å². The summed E-state index contributed by atoms with van der Waals surface area (Å²) >= 11 is 0. The SMILES string of the molecule is COC(=O)C1(NC(=O)C2CC(=O)N(c3ccc(F)cc3F)C2)CCCCC1. The molecule has 1 saturated heterocycles. The molecule has 1 saturated carbocycles. The predicted molar refractivity (Wildman–Crippen MR) is 92.8 cm³/mol. The lowest BCUT2D eigenvalue weighted by Gasteiger charge is -2.35. The minimum Gasteiger partial charge on any atom is -0.467 e. The average molecular weight is 380 g/mol. The first-order valence-electron chi connectivity index (χ1n) is 9.02. The van der Waals surface area contributed by atoms with Crippen molar-refractivity contribution in [2.45, 2.75) is 44.1 Å². The highest BCUT2D eigenvalue weighted by Crippen LogP contribution is 2.32. The first kappa shape index (κ1) is 19.3. The van der Waals surface area contributed by atoms with Gasteiger partial charge in [0, 0.05) is 19.0 Å². The van der Waals surface area contributed by atoms with Gasteiger partial charge in [0.1, 0.15) is 17.2 Å². The van der Waals surface area contributed by atoms with Gasteiger partial charge >= 0.3 is 5.97 Å². The Morgan fingerprint density at radius 3 is 2.56 bits per heavy atom. The summed E-state index contributed by atoms with van der Waals surface area (Å²) in [7, 11) is 1.28. The zero-order valence-corrected chi connectivity index (χ0v) is 15.1. The van der Waals surface area contributed by atoms with Crippen molar-refractivity contribution >= 4 is 23.5 Å². The fourth-order valence-electron chi connectivity index (χ4n) is 3.88. The molecule has 1 aliphatic heterocycles. The summed E-state index contributed by atoms with van der Waals surface area (Å²) in [6.07, 6.45) is 3.45. The van der Waals surface area contributed by atoms with Crippen molar-refractivity contribution in [1.29, 1.82) is 0 Å². The van der Waals surface area contributed by atoms with Crippen molar-refractivity contribution < 1.29 is 27.9 Å². The summed E-state index contributed by atoms with van der Waals surface area (Å²) in [4.78, 5) is 38.4. The molecule has 0 radical (unpaired) electrons. The van der Waals surface area contributed by atoms with Crippen LogP contribution in [0.15, 0.2) is 18.2 Å². The Kier molecular flexibility index (Phi) is 5.43. The number of anilines is 1. The van der Waals surface area contributed by atoms with Crippen molar-refractivity contribution in [1.82, 2.24) is 5.32 Å². The van der Waals surface area contributed by atoms with Crippen LogP contribution in [0.25, 0.3) is 0 Å². The number of esters is 1. The second-order valence-electron chi connectivity index (χ2n) is 7.12. The molecule has 146 valence electrons. The maximum absolute atomic E-state index is 14.0. The van der Waals surface area contributed by atoms with Gasteiger partial charge in [-0.15, -0.1) is 0 Å². The lowest BCUT2D eigenvalue weighted by Crippen LogP contribution is -2.57. The molecule has 3 rings (SSSR count). The van der Waals surface area contributed by atoms with Crippen molar-refractivity contribution in [3.05, 3.63) is 29.8 Å². The number of carbonyl (C=O) groups excluding carboxylic acids is 3. The van der Waals surface area contributed by atoms with Gasteiger partial charge in [0.25, 0.3) is 0 Å². The number of benzene rings is 1. The standard InChI is InChI=1S/C19H22F2N2O4/c1-27-18(26)19(7-3-2-4-8-19)22-17(25)12-9-16(24)23(11-12)15-6-5-13(20)10-14(15)21/h5-6,10,12H,2-4,7-9,11H2,1H3,(H,22,25). The highest BCUT2D eigenvalue weighted by atomic mass is 19.1. The highest BCUT2D eigenvalue weighted by molar-refractivity contribution is 6.01. The number of amides is 2. The summed E-state index contributed by atoms with van der Waals surface area (Å²) < 4.78 is 32.0. The van der Waals surface area contributed by atoms with Gasteiger partial charge < -0.3 is 15.0 Å². The number of ether oxygens (including phenoxy) is 1. The first-order valence-corrected chi connectivity index (χ1v) is 9.02. The molecule has 0 spiro atoms. The van der Waals surface area contributed by atoms with E-state index in [9.17, 15) is 23.2 Å². The summed E-state index contributed by atoms with van der Waals surface area (Å²) in [6.45, 7) is -0.0233. The lowest BCUT2D eigenvalue weighted by molar-refractivity contribution is -0.153. The number of nitrogens with zero attached hydrogens (tertiary/aromatic N) is 1. The number of rotatable bonds is 4. The van der Waals surface area contributed by atoms with Gasteiger partial charge in [-0.3, -0.25) is 9.59 Å². The normalized spacial score (nSPS) is 21.8. The van der Waals surface area contributed by atoms with E-state index in [1.165, 1.54) is 13.2 Å². The number of carbonyl (C=O) groups is 3. The summed E-state index contributed by atoms with van der Waals surface area (Å²) in [5.41, 5.74) is -1.13. The Morgan fingerprint density at radius 1 is 1.22 bits per heavy atom. The minimum atomic E-state index is -1.07. The molecule has 2 aliphatic rings. The lowest BCUT2D eigenvalue weighted by atomic mass is 9.81. The predicted octanol–water partition coefficient (Wildman–Crippen LogP) is 2.31. The van der Waals surface area contributed by atoms with Crippen LogP contribution >= 0.6 is 0 Å². The van der Waals surface area contributed by atoms with Crippen molar-refractivity contribution in [3.63, 3.8) is 0 Å². The maximum atomic E-state index is 14.0. The van der Waals surface area contributed by atoms with Crippen molar-refractivity contribution in [3.8, 4) is 0 Å². The zero-order valence-electron chi connectivity index (χ0n) is 15.1. The molecule has 2 amide bonds. The number of hydrogen-bond donors (Lipinski definition) is 1. The molecule has 1 heterocycles. The van der Waals surface area contributed by atoms with Crippen molar-refractivity contribution in [2.75, 3.05) is 18.6 Å². The molecule has 27 heavy (non-hydrogen) atoms. The van der Waals surface area contributed by atoms with Gasteiger partial charge in [-0.1, -0.05) is 19.3 Å². The van der Waals surface area contributed by atoms with Gasteiger partial charge in [0.2, 0.25) is 11.8 Å². The minimum absolute atomic E-state index is 0.0233. The van der Waals surface area contributed by atoms with E-state index < -0.39 is 40.9 Å². The monoisotopic (exact) mass is 380 g/mol. The van der Waals surface area contributed by atoms with Crippen LogP contribution in [0.2, 0.25) is 0 Å². The third kappa shape index (κ3) is 3.79. The van der Waals surface area contributed by atoms with Crippen LogP contribution in [0.3, 0.4) is 0 Å². The largest absolute Gasteiger partial charge is 0.467 e. The topological polar surface area (TPSA) is 75.7 Å². The zero-order chi connectivity index (χ0) is 19.6. The second-order valence-corrected chi connectivity index (χ2v) is 7.12. The third-order valence-electron chi connectivity index (χ3n) is 5.34. The Labute approximate surface area is 155 Å². The molecular weight excluding hydrogens is 358 g/mol. The van der Waals surface area contributed by atoms with E-state index in [4.69, 9.17) is 4.74 Å². The summed E-state index contributed by atoms with van der Waals surface area (Å²) in [5, 5.41) is 2.80. The molecule has 1 atom stereocenters. The van der Waals surface area contributed by atoms with Crippen LogP contribution in [-0.2, 0) is 19.1 Å². The molecule has 2 fully saturated rings. The van der Waals surface area contributed by atoms with Crippen LogP contribution in [0.1, 0.15) is 38.5 Å². The van der Waals surface area contributed by atoms with Crippen LogP contribution in [0.4, 0.5) is 14.5 Å². The molecule has 8 heteroatoms. The van der Waals surface area contributed by atoms with Gasteiger partial charge in [0.05, 0.1) is 18.7 Å². The van der Waals surface area contributed by atoms with Crippen LogP contribution in [0, 0.1) is 17.6 Å². The van der Waals surface area contributed by atoms with Gasteiger partial charge in [-0.25, -0.2) is 13.6 Å². The highest BCUT2D eigenvalue weighted by Gasteiger charge is 2.45. The molecule has 1 unspecified atom stereocenters. The molecule has 1 N–H and O–H groups in total. The molecule has 1 aromatic carbocycles. The maximum Gasteiger partial charge on any atom is 0.331 e. The van der Waals surface area contributed by atoms with E-state index in [-0.39, 0.29) is 18.7 Å². The van der Waals surface area contributed by atoms with E-state index >= 15 is 0 Å². The molecular formula is C19H22F2N2O4. The molecule has 1 aliphatic carbocycles. The number of methoxy groups -OCH3 is 1. The van der Waals surface area contributed by atoms with E-state index in [2.05, 4.69) is 5.32 Å². The first-order chi connectivity index (χ1) is 12.9. The Morgan fingerprint density at radius 2 is 1.93 bits per heavy atom. The Balaban J connectivity index is 1.74. The van der Waals surface area contributed by atoms with Crippen LogP contribution in [-0.4, -0.2) is 37.0 Å². The quantitative estimate of drug-likeness (QED) is 0.814. The fourth-order valence-corrected chi connectivity index (χ4v) is 3.88. The molecule has 0 aromatic heterocycles. The van der Waals surface area contributed by atoms with Crippen LogP contribution < -0.4 is 10.2 Å². The molecule has 1 aromatic rings. The summed E-state index contributed by atoms with van der Waals surface area (Å²) in [5.74, 6) is -3.65. The second kappa shape index (κ2) is 7.62. The Hall–Kier alpha value is -2.51. The average Bonchev–Trinajstić information content (AvgIpc) is 3.03.